The highest BCUT2D eigenvalue weighted by Crippen LogP contribution is 2.24. The monoisotopic (exact) mass is 394 g/mol. The number of rotatable bonds is 8. The number of amides is 1. The van der Waals surface area contributed by atoms with Crippen molar-refractivity contribution in [1.29, 1.82) is 0 Å². The van der Waals surface area contributed by atoms with Crippen LogP contribution in [-0.2, 0) is 4.79 Å². The Hall–Kier alpha value is -2.82. The quantitative estimate of drug-likeness (QED) is 0.646. The zero-order valence-corrected chi connectivity index (χ0v) is 17.3. The summed E-state index contributed by atoms with van der Waals surface area (Å²) in [5.74, 6) is 1.51. The van der Waals surface area contributed by atoms with Crippen molar-refractivity contribution >= 4 is 23.1 Å². The van der Waals surface area contributed by atoms with Crippen molar-refractivity contribution in [2.45, 2.75) is 39.0 Å². The molecule has 2 aromatic rings. The van der Waals surface area contributed by atoms with E-state index in [1.165, 1.54) is 18.5 Å². The van der Waals surface area contributed by atoms with Crippen molar-refractivity contribution in [1.82, 2.24) is 0 Å². The third kappa shape index (κ3) is 6.08. The van der Waals surface area contributed by atoms with Crippen LogP contribution in [0.1, 0.15) is 49.4 Å². The van der Waals surface area contributed by atoms with Gasteiger partial charge in [-0.3, -0.25) is 9.59 Å². The summed E-state index contributed by atoms with van der Waals surface area (Å²) in [6, 6.07) is 15.1. The molecular formula is C24H30N2O3. The smallest absolute Gasteiger partial charge is 0.224 e. The minimum atomic E-state index is -0.0629. The number of piperidine rings is 1. The zero-order chi connectivity index (χ0) is 20.6. The van der Waals surface area contributed by atoms with Crippen molar-refractivity contribution in [3.05, 3.63) is 54.1 Å². The van der Waals surface area contributed by atoms with Crippen LogP contribution in [0.2, 0.25) is 0 Å². The summed E-state index contributed by atoms with van der Waals surface area (Å²) in [6.45, 7) is 4.49. The first-order valence-electron chi connectivity index (χ1n) is 10.4. The maximum atomic E-state index is 12.2. The van der Waals surface area contributed by atoms with Crippen LogP contribution in [0.4, 0.5) is 11.4 Å². The third-order valence-corrected chi connectivity index (χ3v) is 5.52. The van der Waals surface area contributed by atoms with Crippen LogP contribution in [-0.4, -0.2) is 31.9 Å². The van der Waals surface area contributed by atoms with Gasteiger partial charge in [0.05, 0.1) is 7.11 Å². The molecule has 0 aromatic heterocycles. The number of methoxy groups -OCH3 is 1. The van der Waals surface area contributed by atoms with Crippen LogP contribution in [0.15, 0.2) is 48.5 Å². The Kier molecular flexibility index (Phi) is 7.28. The molecule has 5 heteroatoms. The summed E-state index contributed by atoms with van der Waals surface area (Å²) in [7, 11) is 1.59. The van der Waals surface area contributed by atoms with Crippen LogP contribution in [0.25, 0.3) is 0 Å². The van der Waals surface area contributed by atoms with Gasteiger partial charge in [0.15, 0.2) is 5.78 Å². The first kappa shape index (κ1) is 20.9. The molecule has 5 nitrogen and oxygen atoms in total. The largest absolute Gasteiger partial charge is 0.497 e. The highest BCUT2D eigenvalue weighted by molar-refractivity contribution is 5.97. The number of nitrogens with zero attached hydrogens (tertiary/aromatic N) is 1. The number of hydrogen-bond donors (Lipinski definition) is 1. The van der Waals surface area contributed by atoms with E-state index in [1.54, 1.807) is 31.4 Å². The molecule has 1 heterocycles. The summed E-state index contributed by atoms with van der Waals surface area (Å²) >= 11 is 0. The molecule has 1 aliphatic heterocycles. The summed E-state index contributed by atoms with van der Waals surface area (Å²) in [4.78, 5) is 26.8. The van der Waals surface area contributed by atoms with Gasteiger partial charge in [-0.1, -0.05) is 6.92 Å². The normalized spacial score (nSPS) is 14.5. The molecule has 2 aromatic carbocycles. The molecule has 0 atom stereocenters. The van der Waals surface area contributed by atoms with E-state index in [0.717, 1.165) is 30.4 Å². The lowest BCUT2D eigenvalue weighted by Gasteiger charge is -2.32. The van der Waals surface area contributed by atoms with Crippen LogP contribution in [0, 0.1) is 5.92 Å². The minimum Gasteiger partial charge on any atom is -0.497 e. The summed E-state index contributed by atoms with van der Waals surface area (Å²) in [6.07, 6.45) is 3.67. The second kappa shape index (κ2) is 10.1. The topological polar surface area (TPSA) is 58.6 Å². The molecule has 3 rings (SSSR count). The van der Waals surface area contributed by atoms with Crippen LogP contribution >= 0.6 is 0 Å². The van der Waals surface area contributed by atoms with Crippen LogP contribution in [0.5, 0.6) is 5.75 Å². The molecule has 0 radical (unpaired) electrons. The van der Waals surface area contributed by atoms with E-state index in [9.17, 15) is 9.59 Å². The lowest BCUT2D eigenvalue weighted by Crippen LogP contribution is -2.32. The van der Waals surface area contributed by atoms with Crippen molar-refractivity contribution in [3.63, 3.8) is 0 Å². The molecular weight excluding hydrogens is 364 g/mol. The average molecular weight is 395 g/mol. The number of ketones is 1. The standard InChI is InChI=1S/C24H30N2O3/c1-18-14-16-26(17-15-18)21-10-8-20(9-11-21)25-24(28)5-3-4-23(27)19-6-12-22(29-2)13-7-19/h6-13,18H,3-5,14-17H2,1-2H3,(H,25,28). The second-order valence-corrected chi connectivity index (χ2v) is 7.77. The lowest BCUT2D eigenvalue weighted by molar-refractivity contribution is -0.116. The van der Waals surface area contributed by atoms with E-state index < -0.39 is 0 Å². The van der Waals surface area contributed by atoms with Gasteiger partial charge in [-0.2, -0.15) is 0 Å². The van der Waals surface area contributed by atoms with Gasteiger partial charge in [-0.15, -0.1) is 0 Å². The Morgan fingerprint density at radius 3 is 2.28 bits per heavy atom. The molecule has 1 saturated heterocycles. The Balaban J connectivity index is 1.41. The van der Waals surface area contributed by atoms with Gasteiger partial charge in [-0.05, 0) is 73.7 Å². The number of nitrogens with one attached hydrogen (secondary N) is 1. The third-order valence-electron chi connectivity index (χ3n) is 5.52. The fourth-order valence-corrected chi connectivity index (χ4v) is 3.58. The van der Waals surface area contributed by atoms with E-state index in [4.69, 9.17) is 4.74 Å². The first-order valence-corrected chi connectivity index (χ1v) is 10.4. The fraction of sp³-hybridized carbons (Fsp3) is 0.417. The molecule has 1 fully saturated rings. The molecule has 1 amide bonds. The minimum absolute atomic E-state index is 0.0423. The van der Waals surface area contributed by atoms with Gasteiger partial charge in [-0.25, -0.2) is 0 Å². The average Bonchev–Trinajstić information content (AvgIpc) is 2.75. The van der Waals surface area contributed by atoms with Crippen LogP contribution in [0.3, 0.4) is 0 Å². The highest BCUT2D eigenvalue weighted by Gasteiger charge is 2.16. The van der Waals surface area contributed by atoms with E-state index in [0.29, 0.717) is 24.8 Å². The molecule has 1 aliphatic rings. The van der Waals surface area contributed by atoms with E-state index in [-0.39, 0.29) is 11.7 Å². The second-order valence-electron chi connectivity index (χ2n) is 7.77. The molecule has 1 N–H and O–H groups in total. The first-order chi connectivity index (χ1) is 14.0. The van der Waals surface area contributed by atoms with Crippen molar-refractivity contribution in [3.8, 4) is 5.75 Å². The Morgan fingerprint density at radius 1 is 1.00 bits per heavy atom. The summed E-state index contributed by atoms with van der Waals surface area (Å²) in [5.41, 5.74) is 2.65. The molecule has 0 bridgehead atoms. The maximum absolute atomic E-state index is 12.2. The number of benzene rings is 2. The van der Waals surface area contributed by atoms with Gasteiger partial charge in [0.25, 0.3) is 0 Å². The lowest BCUT2D eigenvalue weighted by atomic mass is 9.99. The van der Waals surface area contributed by atoms with Crippen molar-refractivity contribution < 1.29 is 14.3 Å². The Morgan fingerprint density at radius 2 is 1.66 bits per heavy atom. The van der Waals surface area contributed by atoms with E-state index in [1.807, 2.05) is 12.1 Å². The molecule has 0 aliphatic carbocycles. The number of anilines is 2. The van der Waals surface area contributed by atoms with Gasteiger partial charge >= 0.3 is 0 Å². The summed E-state index contributed by atoms with van der Waals surface area (Å²) < 4.78 is 5.10. The SMILES string of the molecule is COc1ccc(C(=O)CCCC(=O)Nc2ccc(N3CCC(C)CC3)cc2)cc1. The van der Waals surface area contributed by atoms with Crippen LogP contribution < -0.4 is 15.0 Å². The number of Topliss-reactive ketones (excluding diaryl/α,β-unsaturated/α-hetero) is 1. The molecule has 154 valence electrons. The van der Waals surface area contributed by atoms with Gasteiger partial charge in [0.2, 0.25) is 5.91 Å². The maximum Gasteiger partial charge on any atom is 0.224 e. The number of carbonyl (C=O) groups is 2. The predicted octanol–water partition coefficient (Wildman–Crippen LogP) is 4.92. The molecule has 0 spiro atoms. The molecule has 0 saturated carbocycles. The van der Waals surface area contributed by atoms with Crippen molar-refractivity contribution in [2.75, 3.05) is 30.4 Å². The van der Waals surface area contributed by atoms with E-state index >= 15 is 0 Å². The zero-order valence-electron chi connectivity index (χ0n) is 17.3. The number of hydrogen-bond acceptors (Lipinski definition) is 4. The highest BCUT2D eigenvalue weighted by atomic mass is 16.5. The Labute approximate surface area is 173 Å². The van der Waals surface area contributed by atoms with Crippen molar-refractivity contribution in [2.24, 2.45) is 5.92 Å². The number of ether oxygens (including phenoxy) is 1. The predicted molar refractivity (Wildman–Crippen MR) is 117 cm³/mol. The number of carbonyl (C=O) groups excluding carboxylic acids is 2. The van der Waals surface area contributed by atoms with Gasteiger partial charge < -0.3 is 15.0 Å². The fourth-order valence-electron chi connectivity index (χ4n) is 3.58. The summed E-state index contributed by atoms with van der Waals surface area (Å²) in [5, 5.41) is 2.92. The van der Waals surface area contributed by atoms with Gasteiger partial charge in [0.1, 0.15) is 5.75 Å². The molecule has 0 unspecified atom stereocenters. The Bertz CT molecular complexity index is 807. The van der Waals surface area contributed by atoms with Gasteiger partial charge in [0, 0.05) is 42.9 Å². The van der Waals surface area contributed by atoms with E-state index in [2.05, 4.69) is 29.3 Å². The molecule has 29 heavy (non-hydrogen) atoms.